The van der Waals surface area contributed by atoms with Crippen LogP contribution < -0.4 is 9.62 Å². The third kappa shape index (κ3) is 7.55. The zero-order valence-corrected chi connectivity index (χ0v) is 23.2. The molecule has 8 nitrogen and oxygen atoms in total. The van der Waals surface area contributed by atoms with Crippen molar-refractivity contribution >= 4 is 50.9 Å². The summed E-state index contributed by atoms with van der Waals surface area (Å²) in [6.45, 7) is 5.03. The molecule has 0 heterocycles. The molecule has 2 amide bonds. The smallest absolute Gasteiger partial charge is 0.304 e. The van der Waals surface area contributed by atoms with E-state index in [-0.39, 0.29) is 18.2 Å². The van der Waals surface area contributed by atoms with Gasteiger partial charge in [-0.25, -0.2) is 8.70 Å². The second-order valence-electron chi connectivity index (χ2n) is 8.81. The number of hydrogen-bond acceptors (Lipinski definition) is 4. The van der Waals surface area contributed by atoms with Gasteiger partial charge in [-0.15, -0.1) is 0 Å². The van der Waals surface area contributed by atoms with Crippen LogP contribution in [0.2, 0.25) is 10.0 Å². The first kappa shape index (κ1) is 29.8. The number of rotatable bonds is 11. The van der Waals surface area contributed by atoms with Gasteiger partial charge in [0.25, 0.3) is 0 Å². The van der Waals surface area contributed by atoms with E-state index in [0.717, 1.165) is 20.7 Å². The van der Waals surface area contributed by atoms with Gasteiger partial charge in [-0.2, -0.15) is 12.7 Å². The molecule has 1 unspecified atom stereocenters. The van der Waals surface area contributed by atoms with E-state index >= 15 is 0 Å². The molecule has 1 atom stereocenters. The number of carbonyl (C=O) groups is 2. The van der Waals surface area contributed by atoms with E-state index < -0.39 is 40.4 Å². The van der Waals surface area contributed by atoms with E-state index in [1.54, 1.807) is 25.1 Å². The molecule has 12 heteroatoms. The fraction of sp³-hybridized carbons (Fsp3) is 0.417. The van der Waals surface area contributed by atoms with Crippen LogP contribution in [0.5, 0.6) is 0 Å². The SMILES string of the molecule is CC(C)CNC(=O)C(C)N(Cc1c(Cl)cccc1Cl)C(=O)CN(c1ccc(F)cc1)S(=O)(=O)N(C)C. The van der Waals surface area contributed by atoms with Crippen molar-refractivity contribution in [1.82, 2.24) is 14.5 Å². The molecule has 0 saturated heterocycles. The summed E-state index contributed by atoms with van der Waals surface area (Å²) < 4.78 is 41.5. The van der Waals surface area contributed by atoms with Gasteiger partial charge in [-0.05, 0) is 49.2 Å². The quantitative estimate of drug-likeness (QED) is 0.450. The predicted molar refractivity (Wildman–Crippen MR) is 141 cm³/mol. The molecule has 0 fully saturated rings. The average Bonchev–Trinajstić information content (AvgIpc) is 2.80. The van der Waals surface area contributed by atoms with Gasteiger partial charge in [0.05, 0.1) is 5.69 Å². The summed E-state index contributed by atoms with van der Waals surface area (Å²) in [6, 6.07) is 8.62. The average molecular weight is 562 g/mol. The minimum absolute atomic E-state index is 0.0890. The number of anilines is 1. The number of nitrogens with zero attached hydrogens (tertiary/aromatic N) is 3. The molecule has 0 aliphatic rings. The minimum atomic E-state index is -4.15. The van der Waals surface area contributed by atoms with Crippen molar-refractivity contribution in [2.75, 3.05) is 31.5 Å². The van der Waals surface area contributed by atoms with E-state index in [9.17, 15) is 22.4 Å². The van der Waals surface area contributed by atoms with Crippen molar-refractivity contribution in [2.24, 2.45) is 5.92 Å². The molecule has 198 valence electrons. The first-order chi connectivity index (χ1) is 16.7. The number of nitrogens with one attached hydrogen (secondary N) is 1. The van der Waals surface area contributed by atoms with Crippen molar-refractivity contribution in [2.45, 2.75) is 33.4 Å². The molecule has 36 heavy (non-hydrogen) atoms. The second-order valence-corrected chi connectivity index (χ2v) is 11.7. The molecule has 1 N–H and O–H groups in total. The van der Waals surface area contributed by atoms with Gasteiger partial charge in [0, 0.05) is 42.8 Å². The lowest BCUT2D eigenvalue weighted by atomic mass is 10.1. The first-order valence-corrected chi connectivity index (χ1v) is 13.4. The molecular formula is C24H31Cl2FN4O4S. The van der Waals surface area contributed by atoms with Gasteiger partial charge in [-0.1, -0.05) is 43.1 Å². The molecule has 0 bridgehead atoms. The Morgan fingerprint density at radius 1 is 1.00 bits per heavy atom. The lowest BCUT2D eigenvalue weighted by molar-refractivity contribution is -0.139. The molecule has 2 aromatic rings. The highest BCUT2D eigenvalue weighted by Gasteiger charge is 2.33. The van der Waals surface area contributed by atoms with Crippen LogP contribution in [0.3, 0.4) is 0 Å². The molecular weight excluding hydrogens is 530 g/mol. The predicted octanol–water partition coefficient (Wildman–Crippen LogP) is 3.93. The number of amides is 2. The van der Waals surface area contributed by atoms with Gasteiger partial charge in [0.1, 0.15) is 18.4 Å². The number of benzene rings is 2. The first-order valence-electron chi connectivity index (χ1n) is 11.2. The van der Waals surface area contributed by atoms with E-state index in [1.165, 1.54) is 31.1 Å². The van der Waals surface area contributed by atoms with E-state index in [4.69, 9.17) is 23.2 Å². The topological polar surface area (TPSA) is 90.0 Å². The summed E-state index contributed by atoms with van der Waals surface area (Å²) in [6.07, 6.45) is 0. The van der Waals surface area contributed by atoms with Crippen LogP contribution in [-0.4, -0.2) is 62.7 Å². The molecule has 2 rings (SSSR count). The highest BCUT2D eigenvalue weighted by Crippen LogP contribution is 2.27. The van der Waals surface area contributed by atoms with Crippen LogP contribution in [0, 0.1) is 11.7 Å². The van der Waals surface area contributed by atoms with Crippen molar-refractivity contribution in [3.8, 4) is 0 Å². The number of hydrogen-bond donors (Lipinski definition) is 1. The summed E-state index contributed by atoms with van der Waals surface area (Å²) >= 11 is 12.6. The van der Waals surface area contributed by atoms with Crippen LogP contribution in [0.4, 0.5) is 10.1 Å². The molecule has 0 aliphatic carbocycles. The summed E-state index contributed by atoms with van der Waals surface area (Å²) in [5.41, 5.74) is 0.507. The van der Waals surface area contributed by atoms with Crippen LogP contribution in [0.25, 0.3) is 0 Å². The number of halogens is 3. The van der Waals surface area contributed by atoms with E-state index in [2.05, 4.69) is 5.32 Å². The van der Waals surface area contributed by atoms with Gasteiger partial charge in [0.15, 0.2) is 0 Å². The van der Waals surface area contributed by atoms with E-state index in [1.807, 2.05) is 13.8 Å². The van der Waals surface area contributed by atoms with Gasteiger partial charge in [0.2, 0.25) is 11.8 Å². The maximum Gasteiger partial charge on any atom is 0.304 e. The van der Waals surface area contributed by atoms with Gasteiger partial charge in [-0.3, -0.25) is 9.59 Å². The Morgan fingerprint density at radius 2 is 1.56 bits per heavy atom. The molecule has 2 aromatic carbocycles. The Labute approximate surface area is 222 Å². The lowest BCUT2D eigenvalue weighted by Gasteiger charge is -2.33. The third-order valence-electron chi connectivity index (χ3n) is 5.38. The standard InChI is InChI=1S/C24H31Cl2FN4O4S/c1-16(2)13-28-24(33)17(3)30(14-20-21(25)7-6-8-22(20)26)23(32)15-31(36(34,35)29(4)5)19-11-9-18(27)10-12-19/h6-12,16-17H,13-15H2,1-5H3,(H,28,33). The lowest BCUT2D eigenvalue weighted by Crippen LogP contribution is -2.52. The molecule has 0 spiro atoms. The maximum atomic E-state index is 13.6. The fourth-order valence-corrected chi connectivity index (χ4v) is 4.79. The molecule has 0 aromatic heterocycles. The Hall–Kier alpha value is -2.40. The summed E-state index contributed by atoms with van der Waals surface area (Å²) in [5, 5.41) is 3.39. The molecule has 0 saturated carbocycles. The van der Waals surface area contributed by atoms with Crippen molar-refractivity contribution in [3.05, 3.63) is 63.9 Å². The maximum absolute atomic E-state index is 13.6. The van der Waals surface area contributed by atoms with Crippen LogP contribution in [0.1, 0.15) is 26.3 Å². The van der Waals surface area contributed by atoms with E-state index in [0.29, 0.717) is 22.2 Å². The van der Waals surface area contributed by atoms with Crippen LogP contribution >= 0.6 is 23.2 Å². The van der Waals surface area contributed by atoms with Crippen LogP contribution in [0.15, 0.2) is 42.5 Å². The zero-order chi connectivity index (χ0) is 27.2. The number of carbonyl (C=O) groups excluding carboxylic acids is 2. The monoisotopic (exact) mass is 560 g/mol. The largest absolute Gasteiger partial charge is 0.354 e. The highest BCUT2D eigenvalue weighted by molar-refractivity contribution is 7.90. The summed E-state index contributed by atoms with van der Waals surface area (Å²) in [5.74, 6) is -1.46. The highest BCUT2D eigenvalue weighted by atomic mass is 35.5. The van der Waals surface area contributed by atoms with Gasteiger partial charge >= 0.3 is 10.2 Å². The normalized spacial score (nSPS) is 12.5. The summed E-state index contributed by atoms with van der Waals surface area (Å²) in [4.78, 5) is 27.8. The van der Waals surface area contributed by atoms with Crippen LogP contribution in [-0.2, 0) is 26.3 Å². The van der Waals surface area contributed by atoms with Crippen molar-refractivity contribution < 1.29 is 22.4 Å². The van der Waals surface area contributed by atoms with Gasteiger partial charge < -0.3 is 10.2 Å². The fourth-order valence-electron chi connectivity index (χ4n) is 3.21. The Kier molecular flexibility index (Phi) is 10.5. The molecule has 0 radical (unpaired) electrons. The third-order valence-corrected chi connectivity index (χ3v) is 7.90. The molecule has 0 aliphatic heterocycles. The van der Waals surface area contributed by atoms with Crippen molar-refractivity contribution in [1.29, 1.82) is 0 Å². The Bertz CT molecular complexity index is 1160. The minimum Gasteiger partial charge on any atom is -0.354 e. The Balaban J connectivity index is 2.48. The summed E-state index contributed by atoms with van der Waals surface area (Å²) in [7, 11) is -1.51. The second kappa shape index (κ2) is 12.7. The van der Waals surface area contributed by atoms with Crippen molar-refractivity contribution in [3.63, 3.8) is 0 Å². The Morgan fingerprint density at radius 3 is 2.06 bits per heavy atom. The zero-order valence-electron chi connectivity index (χ0n) is 20.8.